The van der Waals surface area contributed by atoms with Crippen molar-refractivity contribution in [1.29, 1.82) is 0 Å². The van der Waals surface area contributed by atoms with E-state index in [0.717, 1.165) is 17.4 Å². The van der Waals surface area contributed by atoms with Crippen LogP contribution in [0.5, 0.6) is 0 Å². The largest absolute Gasteiger partial charge is 0.341 e. The number of fused-ring (bicyclic) bond motifs is 1. The first-order valence-corrected chi connectivity index (χ1v) is 11.2. The van der Waals surface area contributed by atoms with Gasteiger partial charge in [0.25, 0.3) is 0 Å². The average molecular weight is 394 g/mol. The molecule has 2 amide bonds. The van der Waals surface area contributed by atoms with Crippen molar-refractivity contribution in [1.82, 2.24) is 14.5 Å². The van der Waals surface area contributed by atoms with Crippen LogP contribution in [0.3, 0.4) is 0 Å². The van der Waals surface area contributed by atoms with E-state index in [0.29, 0.717) is 26.1 Å². The van der Waals surface area contributed by atoms with Gasteiger partial charge in [-0.1, -0.05) is 31.2 Å². The van der Waals surface area contributed by atoms with Crippen molar-refractivity contribution in [2.24, 2.45) is 11.8 Å². The highest BCUT2D eigenvalue weighted by atomic mass is 32.2. The summed E-state index contributed by atoms with van der Waals surface area (Å²) in [6, 6.07) is 8.04. The second-order valence-electron chi connectivity index (χ2n) is 7.52. The zero-order chi connectivity index (χ0) is 19.8. The van der Waals surface area contributed by atoms with Gasteiger partial charge in [0.1, 0.15) is 0 Å². The van der Waals surface area contributed by atoms with Crippen LogP contribution in [0.1, 0.15) is 30.5 Å². The molecule has 0 saturated carbocycles. The Morgan fingerprint density at radius 1 is 1.15 bits per heavy atom. The summed E-state index contributed by atoms with van der Waals surface area (Å²) in [7, 11) is -3.40. The highest BCUT2D eigenvalue weighted by molar-refractivity contribution is 7.88. The van der Waals surface area contributed by atoms with E-state index >= 15 is 0 Å². The third kappa shape index (κ3) is 4.16. The van der Waals surface area contributed by atoms with Crippen molar-refractivity contribution in [2.75, 3.05) is 32.4 Å². The molecule has 2 aliphatic rings. The quantitative estimate of drug-likeness (QED) is 0.806. The van der Waals surface area contributed by atoms with E-state index in [1.165, 1.54) is 0 Å². The maximum absolute atomic E-state index is 12.5. The lowest BCUT2D eigenvalue weighted by Crippen LogP contribution is -2.41. The van der Waals surface area contributed by atoms with Gasteiger partial charge >= 0.3 is 0 Å². The van der Waals surface area contributed by atoms with E-state index in [4.69, 9.17) is 0 Å². The highest BCUT2D eigenvalue weighted by Crippen LogP contribution is 2.45. The highest BCUT2D eigenvalue weighted by Gasteiger charge is 2.49. The van der Waals surface area contributed by atoms with Crippen LogP contribution >= 0.6 is 0 Å². The first-order valence-electron chi connectivity index (χ1n) is 9.28. The molecule has 2 aliphatic heterocycles. The molecule has 0 radical (unpaired) electrons. The predicted molar refractivity (Wildman–Crippen MR) is 102 cm³/mol. The number of hydrogen-bond donors (Lipinski definition) is 1. The predicted octanol–water partition coefficient (Wildman–Crippen LogP) is 0.912. The van der Waals surface area contributed by atoms with Crippen LogP contribution in [-0.2, 0) is 19.6 Å². The number of sulfonamides is 1. The van der Waals surface area contributed by atoms with E-state index in [-0.39, 0.29) is 36.2 Å². The van der Waals surface area contributed by atoms with Gasteiger partial charge in [-0.05, 0) is 18.1 Å². The number of benzene rings is 1. The molecule has 3 atom stereocenters. The number of hydrogen-bond acceptors (Lipinski definition) is 4. The van der Waals surface area contributed by atoms with Gasteiger partial charge in [0.05, 0.1) is 18.8 Å². The third-order valence-electron chi connectivity index (χ3n) is 5.63. The number of likely N-dealkylation sites (tertiary alicyclic amines) is 2. The van der Waals surface area contributed by atoms with Gasteiger partial charge in [-0.3, -0.25) is 9.59 Å². The Morgan fingerprint density at radius 3 is 2.48 bits per heavy atom. The molecule has 0 aliphatic carbocycles. The molecule has 3 rings (SSSR count). The number of aryl methyl sites for hydroxylation is 1. The molecular weight excluding hydrogens is 366 g/mol. The topological polar surface area (TPSA) is 86.8 Å². The monoisotopic (exact) mass is 393 g/mol. The van der Waals surface area contributed by atoms with Crippen molar-refractivity contribution in [2.45, 2.75) is 26.3 Å². The van der Waals surface area contributed by atoms with E-state index in [1.807, 2.05) is 36.9 Å². The van der Waals surface area contributed by atoms with Crippen LogP contribution in [0.4, 0.5) is 0 Å². The molecule has 1 aromatic carbocycles. The minimum Gasteiger partial charge on any atom is -0.341 e. The number of carbonyl (C=O) groups is 2. The standard InChI is InChI=1S/C19H27N3O4S/c1-4-17(23)22-11-14-10-21(18(24)9-20-27(3,25)26)12-16(14)19(22)15-8-6-5-7-13(15)2/h5-8,14,16,19-20H,4,9-12H2,1-3H3/t14-,16-,19-/m0/s1. The Kier molecular flexibility index (Phi) is 5.58. The second kappa shape index (κ2) is 7.59. The van der Waals surface area contributed by atoms with Gasteiger partial charge in [-0.25, -0.2) is 13.1 Å². The lowest BCUT2D eigenvalue weighted by atomic mass is 9.87. The lowest BCUT2D eigenvalue weighted by molar-refractivity contribution is -0.132. The van der Waals surface area contributed by atoms with Gasteiger partial charge in [-0.15, -0.1) is 0 Å². The van der Waals surface area contributed by atoms with Crippen LogP contribution in [-0.4, -0.2) is 62.5 Å². The van der Waals surface area contributed by atoms with Gasteiger partial charge in [-0.2, -0.15) is 0 Å². The average Bonchev–Trinajstić information content (AvgIpc) is 3.17. The van der Waals surface area contributed by atoms with Crippen LogP contribution in [0.15, 0.2) is 24.3 Å². The Bertz CT molecular complexity index is 839. The van der Waals surface area contributed by atoms with E-state index in [2.05, 4.69) is 10.8 Å². The molecule has 0 bridgehead atoms. The molecule has 0 unspecified atom stereocenters. The van der Waals surface area contributed by atoms with Crippen molar-refractivity contribution >= 4 is 21.8 Å². The van der Waals surface area contributed by atoms with Crippen molar-refractivity contribution in [3.63, 3.8) is 0 Å². The SMILES string of the molecule is CCC(=O)N1C[C@@H]2CN(C(=O)CNS(C)(=O)=O)C[C@@H]2[C@@H]1c1ccccc1C. The Labute approximate surface area is 160 Å². The molecule has 8 heteroatoms. The first-order chi connectivity index (χ1) is 12.7. The smallest absolute Gasteiger partial charge is 0.237 e. The molecule has 2 saturated heterocycles. The van der Waals surface area contributed by atoms with Gasteiger partial charge in [0, 0.05) is 37.9 Å². The van der Waals surface area contributed by atoms with Gasteiger partial charge in [0.15, 0.2) is 0 Å². The molecule has 0 aromatic heterocycles. The molecule has 0 spiro atoms. The Morgan fingerprint density at radius 2 is 1.85 bits per heavy atom. The summed E-state index contributed by atoms with van der Waals surface area (Å²) in [5.41, 5.74) is 2.27. The fourth-order valence-electron chi connectivity index (χ4n) is 4.33. The summed E-state index contributed by atoms with van der Waals surface area (Å²) in [5.74, 6) is 0.303. The normalized spacial score (nSPS) is 24.9. The van der Waals surface area contributed by atoms with Gasteiger partial charge < -0.3 is 9.80 Å². The number of amides is 2. The maximum atomic E-state index is 12.5. The Balaban J connectivity index is 1.80. The number of nitrogens with one attached hydrogen (secondary N) is 1. The second-order valence-corrected chi connectivity index (χ2v) is 9.35. The summed E-state index contributed by atoms with van der Waals surface area (Å²) >= 11 is 0. The molecule has 27 heavy (non-hydrogen) atoms. The fraction of sp³-hybridized carbons (Fsp3) is 0.579. The van der Waals surface area contributed by atoms with Gasteiger partial charge in [0.2, 0.25) is 21.8 Å². The Hall–Kier alpha value is -1.93. The van der Waals surface area contributed by atoms with Crippen LogP contribution in [0, 0.1) is 18.8 Å². The van der Waals surface area contributed by atoms with Crippen molar-refractivity contribution < 1.29 is 18.0 Å². The number of carbonyl (C=O) groups excluding carboxylic acids is 2. The summed E-state index contributed by atoms with van der Waals surface area (Å²) < 4.78 is 24.8. The molecule has 1 N–H and O–H groups in total. The van der Waals surface area contributed by atoms with Crippen LogP contribution in [0.2, 0.25) is 0 Å². The van der Waals surface area contributed by atoms with E-state index in [9.17, 15) is 18.0 Å². The summed E-state index contributed by atoms with van der Waals surface area (Å²) in [6.07, 6.45) is 1.50. The summed E-state index contributed by atoms with van der Waals surface area (Å²) in [6.45, 7) is 5.44. The van der Waals surface area contributed by atoms with Crippen molar-refractivity contribution in [3.8, 4) is 0 Å². The van der Waals surface area contributed by atoms with Crippen LogP contribution in [0.25, 0.3) is 0 Å². The minimum absolute atomic E-state index is 0.0377. The number of rotatable bonds is 5. The fourth-order valence-corrected chi connectivity index (χ4v) is 4.72. The molecular formula is C19H27N3O4S. The summed E-state index contributed by atoms with van der Waals surface area (Å²) in [4.78, 5) is 28.7. The minimum atomic E-state index is -3.40. The zero-order valence-electron chi connectivity index (χ0n) is 16.0. The maximum Gasteiger partial charge on any atom is 0.237 e. The molecule has 1 aromatic rings. The van der Waals surface area contributed by atoms with Crippen LogP contribution < -0.4 is 4.72 Å². The molecule has 148 valence electrons. The zero-order valence-corrected chi connectivity index (χ0v) is 16.8. The lowest BCUT2D eigenvalue weighted by Gasteiger charge is -2.31. The summed E-state index contributed by atoms with van der Waals surface area (Å²) in [5, 5.41) is 0. The first kappa shape index (κ1) is 19.8. The third-order valence-corrected chi connectivity index (χ3v) is 6.30. The van der Waals surface area contributed by atoms with Crippen molar-refractivity contribution in [3.05, 3.63) is 35.4 Å². The number of nitrogens with zero attached hydrogens (tertiary/aromatic N) is 2. The molecule has 7 nitrogen and oxygen atoms in total. The van der Waals surface area contributed by atoms with E-state index < -0.39 is 10.0 Å². The van der Waals surface area contributed by atoms with E-state index in [1.54, 1.807) is 4.90 Å². The molecule has 2 fully saturated rings. The molecule has 2 heterocycles.